The summed E-state index contributed by atoms with van der Waals surface area (Å²) in [4.78, 5) is 17.5. The number of aliphatic hydroxyl groups excluding tert-OH is 1. The lowest BCUT2D eigenvalue weighted by Crippen LogP contribution is -2.43. The number of carbonyl (C=O) groups excluding carboxylic acids is 1. The summed E-state index contributed by atoms with van der Waals surface area (Å²) in [5.74, 6) is -0.216. The second kappa shape index (κ2) is 17.1. The number of pyridine rings is 1. The molecule has 2 aromatic carbocycles. The molecule has 0 aliphatic carbocycles. The van der Waals surface area contributed by atoms with E-state index in [0.29, 0.717) is 24.0 Å². The molecule has 46 heavy (non-hydrogen) atoms. The molecule has 1 fully saturated rings. The predicted octanol–water partition coefficient (Wildman–Crippen LogP) is 4.67. The predicted molar refractivity (Wildman–Crippen MR) is 175 cm³/mol. The lowest BCUT2D eigenvalue weighted by Gasteiger charge is -2.30. The Morgan fingerprint density at radius 2 is 1.80 bits per heavy atom. The molecule has 4 rings (SSSR count). The maximum atomic E-state index is 15.2. The molecular weight excluding hydrogens is 635 g/mol. The average Bonchev–Trinajstić information content (AvgIpc) is 3.04. The number of nitrogens with one attached hydrogen (secondary N) is 3. The first kappa shape index (κ1) is 35.7. The number of amides is 1. The third kappa shape index (κ3) is 10.4. The number of hydrogen-bond donors (Lipinski definition) is 4. The summed E-state index contributed by atoms with van der Waals surface area (Å²) in [6, 6.07) is 12.8. The van der Waals surface area contributed by atoms with Crippen LogP contribution < -0.4 is 20.1 Å². The molecular formula is C33H42ClFN4O6S. The van der Waals surface area contributed by atoms with Crippen LogP contribution in [0.25, 0.3) is 0 Å². The van der Waals surface area contributed by atoms with Crippen LogP contribution in [0.3, 0.4) is 0 Å². The van der Waals surface area contributed by atoms with Gasteiger partial charge in [0.05, 0.1) is 36.2 Å². The molecule has 3 unspecified atom stereocenters. The van der Waals surface area contributed by atoms with Crippen LogP contribution in [0.15, 0.2) is 65.8 Å². The fourth-order valence-electron chi connectivity index (χ4n) is 5.64. The van der Waals surface area contributed by atoms with E-state index in [0.717, 1.165) is 24.6 Å². The van der Waals surface area contributed by atoms with Gasteiger partial charge in [0, 0.05) is 49.4 Å². The number of methoxy groups -OCH3 is 1. The number of carbonyl (C=O) groups is 1. The van der Waals surface area contributed by atoms with Crippen LogP contribution in [0.4, 0.5) is 10.1 Å². The van der Waals surface area contributed by atoms with Crippen molar-refractivity contribution in [2.45, 2.75) is 62.0 Å². The van der Waals surface area contributed by atoms with E-state index in [1.165, 1.54) is 25.4 Å². The first-order valence-electron chi connectivity index (χ1n) is 15.4. The van der Waals surface area contributed by atoms with Gasteiger partial charge in [0.25, 0.3) is 0 Å². The minimum Gasteiger partial charge on any atom is -0.497 e. The second-order valence-corrected chi connectivity index (χ2v) is 13.7. The highest BCUT2D eigenvalue weighted by Crippen LogP contribution is 2.36. The topological polar surface area (TPSA) is 139 Å². The first-order valence-corrected chi connectivity index (χ1v) is 17.2. The monoisotopic (exact) mass is 676 g/mol. The summed E-state index contributed by atoms with van der Waals surface area (Å²) in [5, 5.41) is 16.2. The molecule has 10 nitrogen and oxygen atoms in total. The molecule has 3 atom stereocenters. The summed E-state index contributed by atoms with van der Waals surface area (Å²) in [6.07, 6.45) is 3.97. The molecule has 4 N–H and O–H groups in total. The van der Waals surface area contributed by atoms with Gasteiger partial charge >= 0.3 is 0 Å². The summed E-state index contributed by atoms with van der Waals surface area (Å²) in [5.41, 5.74) is 1.46. The second-order valence-electron chi connectivity index (χ2n) is 11.5. The minimum atomic E-state index is -3.93. The van der Waals surface area contributed by atoms with Crippen LogP contribution in [0.2, 0.25) is 5.02 Å². The van der Waals surface area contributed by atoms with Crippen molar-refractivity contribution in [2.24, 2.45) is 5.92 Å². The third-order valence-corrected chi connectivity index (χ3v) is 9.87. The molecule has 250 valence electrons. The van der Waals surface area contributed by atoms with Crippen LogP contribution in [-0.2, 0) is 26.0 Å². The Hall–Kier alpha value is -3.13. The maximum Gasteiger partial charge on any atom is 0.240 e. The zero-order valence-electron chi connectivity index (χ0n) is 26.0. The highest BCUT2D eigenvalue weighted by atomic mass is 35.5. The molecule has 1 aliphatic heterocycles. The van der Waals surface area contributed by atoms with Gasteiger partial charge < -0.3 is 25.2 Å². The van der Waals surface area contributed by atoms with E-state index in [4.69, 9.17) is 21.1 Å². The van der Waals surface area contributed by atoms with E-state index in [1.807, 2.05) is 24.3 Å². The Bertz CT molecular complexity index is 1520. The van der Waals surface area contributed by atoms with Gasteiger partial charge in [-0.1, -0.05) is 23.7 Å². The van der Waals surface area contributed by atoms with Crippen molar-refractivity contribution in [3.63, 3.8) is 0 Å². The van der Waals surface area contributed by atoms with Crippen LogP contribution in [0, 0.1) is 11.7 Å². The molecule has 0 bridgehead atoms. The van der Waals surface area contributed by atoms with Crippen molar-refractivity contribution in [2.75, 3.05) is 38.7 Å². The van der Waals surface area contributed by atoms with Crippen LogP contribution >= 0.6 is 11.6 Å². The molecule has 1 aliphatic rings. The average molecular weight is 677 g/mol. The van der Waals surface area contributed by atoms with Crippen molar-refractivity contribution in [1.82, 2.24) is 15.0 Å². The van der Waals surface area contributed by atoms with Gasteiger partial charge in [-0.15, -0.1) is 0 Å². The number of hydrogen-bond acceptors (Lipinski definition) is 8. The number of benzene rings is 2. The minimum absolute atomic E-state index is 0.0524. The van der Waals surface area contributed by atoms with Crippen LogP contribution in [0.1, 0.15) is 49.7 Å². The molecule has 0 saturated carbocycles. The number of sulfonamides is 1. The number of ether oxygens (including phenoxy) is 2. The molecule has 0 spiro atoms. The molecule has 3 aromatic rings. The highest BCUT2D eigenvalue weighted by Gasteiger charge is 2.28. The standard InChI is InChI=1S/C33H42ClFN4O6S/c1-22(40)18-36-19-26(39-46(42,43)28-10-8-27(44-2)9-11-28)7-12-29-31(35)20-37-21-32(29)38-33(41)17-30(24-13-15-45-16-14-24)23-3-5-25(34)6-4-23/h3-6,8-11,20-22,24,26,30,36,39-40H,7,12-19H2,1-2H3,(H,38,41). The number of aromatic nitrogens is 1. The van der Waals surface area contributed by atoms with E-state index in [9.17, 15) is 18.3 Å². The zero-order valence-corrected chi connectivity index (χ0v) is 27.6. The third-order valence-electron chi connectivity index (χ3n) is 8.08. The van der Waals surface area contributed by atoms with Crippen molar-refractivity contribution < 1.29 is 32.2 Å². The molecule has 1 amide bonds. The molecule has 1 saturated heterocycles. The van der Waals surface area contributed by atoms with Crippen molar-refractivity contribution >= 4 is 33.2 Å². The zero-order chi connectivity index (χ0) is 33.1. The summed E-state index contributed by atoms with van der Waals surface area (Å²) in [6.45, 7) is 3.30. The Labute approximate surface area is 275 Å². The van der Waals surface area contributed by atoms with Crippen LogP contribution in [-0.4, -0.2) is 70.0 Å². The van der Waals surface area contributed by atoms with Gasteiger partial charge in [0.2, 0.25) is 15.9 Å². The van der Waals surface area contributed by atoms with Gasteiger partial charge in [-0.05, 0) is 86.4 Å². The smallest absolute Gasteiger partial charge is 0.240 e. The van der Waals surface area contributed by atoms with E-state index >= 15 is 4.39 Å². The van der Waals surface area contributed by atoms with E-state index in [1.54, 1.807) is 19.1 Å². The Morgan fingerprint density at radius 1 is 1.11 bits per heavy atom. The number of anilines is 1. The SMILES string of the molecule is COc1ccc(S(=O)(=O)NC(CCc2c(F)cncc2NC(=O)CC(c2ccc(Cl)cc2)C2CCOCC2)CNCC(C)O)cc1. The number of nitrogens with zero attached hydrogens (tertiary/aromatic N) is 1. The first-order chi connectivity index (χ1) is 22.1. The summed E-state index contributed by atoms with van der Waals surface area (Å²) in [7, 11) is -2.44. The lowest BCUT2D eigenvalue weighted by atomic mass is 9.79. The van der Waals surface area contributed by atoms with Crippen LogP contribution in [0.5, 0.6) is 5.75 Å². The van der Waals surface area contributed by atoms with Gasteiger partial charge in [-0.3, -0.25) is 9.78 Å². The van der Waals surface area contributed by atoms with E-state index in [-0.39, 0.29) is 66.2 Å². The van der Waals surface area contributed by atoms with Crippen molar-refractivity contribution in [3.05, 3.63) is 82.9 Å². The molecule has 13 heteroatoms. The maximum absolute atomic E-state index is 15.2. The summed E-state index contributed by atoms with van der Waals surface area (Å²) < 4.78 is 55.0. The quantitative estimate of drug-likeness (QED) is 0.172. The Kier molecular flexibility index (Phi) is 13.3. The molecule has 0 radical (unpaired) electrons. The molecule has 1 aromatic heterocycles. The van der Waals surface area contributed by atoms with Gasteiger partial charge in [0.15, 0.2) is 0 Å². The number of halogens is 2. The van der Waals surface area contributed by atoms with E-state index in [2.05, 4.69) is 20.3 Å². The summed E-state index contributed by atoms with van der Waals surface area (Å²) >= 11 is 6.12. The van der Waals surface area contributed by atoms with Gasteiger partial charge in [0.1, 0.15) is 11.6 Å². The molecule has 2 heterocycles. The van der Waals surface area contributed by atoms with Gasteiger partial charge in [-0.25, -0.2) is 17.5 Å². The highest BCUT2D eigenvalue weighted by molar-refractivity contribution is 7.89. The normalized spacial score (nSPS) is 16.0. The largest absolute Gasteiger partial charge is 0.497 e. The number of aliphatic hydroxyl groups is 1. The Morgan fingerprint density at radius 3 is 2.46 bits per heavy atom. The Balaban J connectivity index is 1.49. The van der Waals surface area contributed by atoms with Crippen molar-refractivity contribution in [3.8, 4) is 5.75 Å². The fraction of sp³-hybridized carbons (Fsp3) is 0.455. The van der Waals surface area contributed by atoms with Gasteiger partial charge in [-0.2, -0.15) is 0 Å². The lowest BCUT2D eigenvalue weighted by molar-refractivity contribution is -0.117. The fourth-order valence-corrected chi connectivity index (χ4v) is 7.04. The van der Waals surface area contributed by atoms with E-state index < -0.39 is 28.0 Å². The number of rotatable bonds is 16. The van der Waals surface area contributed by atoms with Crippen molar-refractivity contribution in [1.29, 1.82) is 0 Å².